The Morgan fingerprint density at radius 1 is 1.04 bits per heavy atom. The zero-order valence-electron chi connectivity index (χ0n) is 16.2. The largest absolute Gasteiger partial charge is 0.493 e. The van der Waals surface area contributed by atoms with E-state index in [2.05, 4.69) is 16.3 Å². The summed E-state index contributed by atoms with van der Waals surface area (Å²) in [6, 6.07) is 13.9. The molecule has 0 aromatic heterocycles. The molecule has 0 aliphatic carbocycles. The lowest BCUT2D eigenvalue weighted by molar-refractivity contribution is -0.116. The number of nitrogens with one attached hydrogen (secondary N) is 1. The summed E-state index contributed by atoms with van der Waals surface area (Å²) in [5, 5.41) is 3.08. The van der Waals surface area contributed by atoms with Gasteiger partial charge in [-0.15, -0.1) is 0 Å². The summed E-state index contributed by atoms with van der Waals surface area (Å²) < 4.78 is 10.6. The minimum atomic E-state index is 0.0265. The molecule has 2 aromatic rings. The first kappa shape index (κ1) is 19.2. The molecule has 5 heteroatoms. The van der Waals surface area contributed by atoms with Gasteiger partial charge in [-0.3, -0.25) is 9.69 Å². The first-order chi connectivity index (χ1) is 13.2. The highest BCUT2D eigenvalue weighted by atomic mass is 16.5. The molecule has 1 aliphatic heterocycles. The van der Waals surface area contributed by atoms with Crippen LogP contribution in [0.5, 0.6) is 11.5 Å². The number of ether oxygens (including phenoxy) is 2. The van der Waals surface area contributed by atoms with E-state index >= 15 is 0 Å². The van der Waals surface area contributed by atoms with Crippen molar-refractivity contribution in [2.24, 2.45) is 0 Å². The Labute approximate surface area is 161 Å². The minimum absolute atomic E-state index is 0.0265. The van der Waals surface area contributed by atoms with Crippen LogP contribution in [-0.4, -0.2) is 38.1 Å². The van der Waals surface area contributed by atoms with Crippen molar-refractivity contribution >= 4 is 11.6 Å². The predicted molar refractivity (Wildman–Crippen MR) is 107 cm³/mol. The standard InChI is InChI=1S/C22H28N2O3/c1-26-20-11-9-17(15-21(20)27-2)10-12-22(25)23-19-8-4-3-7-18(19)16-24-13-5-6-14-24/h3-4,7-9,11,15H,5-6,10,12-14,16H2,1-2H3,(H,23,25). The molecule has 1 aliphatic rings. The molecule has 0 saturated carbocycles. The van der Waals surface area contributed by atoms with Crippen LogP contribution < -0.4 is 14.8 Å². The second kappa shape index (κ2) is 9.42. The predicted octanol–water partition coefficient (Wildman–Crippen LogP) is 3.87. The summed E-state index contributed by atoms with van der Waals surface area (Å²) in [5.41, 5.74) is 3.15. The van der Waals surface area contributed by atoms with E-state index in [4.69, 9.17) is 9.47 Å². The first-order valence-corrected chi connectivity index (χ1v) is 9.50. The van der Waals surface area contributed by atoms with Crippen molar-refractivity contribution in [1.82, 2.24) is 4.90 Å². The Morgan fingerprint density at radius 2 is 1.78 bits per heavy atom. The molecule has 1 heterocycles. The number of carbonyl (C=O) groups is 1. The first-order valence-electron chi connectivity index (χ1n) is 9.50. The van der Waals surface area contributed by atoms with Gasteiger partial charge in [-0.1, -0.05) is 24.3 Å². The van der Waals surface area contributed by atoms with E-state index in [0.29, 0.717) is 24.3 Å². The van der Waals surface area contributed by atoms with Gasteiger partial charge in [0.2, 0.25) is 5.91 Å². The molecule has 0 atom stereocenters. The number of para-hydroxylation sites is 1. The van der Waals surface area contributed by atoms with Gasteiger partial charge in [0, 0.05) is 18.7 Å². The third-order valence-corrected chi connectivity index (χ3v) is 4.97. The lowest BCUT2D eigenvalue weighted by atomic mass is 10.1. The molecule has 0 spiro atoms. The molecule has 1 amide bonds. The third-order valence-electron chi connectivity index (χ3n) is 4.97. The number of hydrogen-bond donors (Lipinski definition) is 1. The SMILES string of the molecule is COc1ccc(CCC(=O)Nc2ccccc2CN2CCCC2)cc1OC. The number of benzene rings is 2. The molecule has 1 saturated heterocycles. The molecule has 1 N–H and O–H groups in total. The van der Waals surface area contributed by atoms with Crippen molar-refractivity contribution in [1.29, 1.82) is 0 Å². The number of likely N-dealkylation sites (tertiary alicyclic amines) is 1. The van der Waals surface area contributed by atoms with Crippen LogP contribution in [0, 0.1) is 0 Å². The number of rotatable bonds is 8. The van der Waals surface area contributed by atoms with Gasteiger partial charge in [-0.05, 0) is 61.7 Å². The number of amides is 1. The number of aryl methyl sites for hydroxylation is 1. The molecule has 2 aromatic carbocycles. The highest BCUT2D eigenvalue weighted by Crippen LogP contribution is 2.28. The van der Waals surface area contributed by atoms with Crippen molar-refractivity contribution in [2.45, 2.75) is 32.2 Å². The molecule has 0 bridgehead atoms. The summed E-state index contributed by atoms with van der Waals surface area (Å²) in [6.45, 7) is 3.18. The topological polar surface area (TPSA) is 50.8 Å². The van der Waals surface area contributed by atoms with E-state index in [1.54, 1.807) is 14.2 Å². The fraction of sp³-hybridized carbons (Fsp3) is 0.409. The average molecular weight is 368 g/mol. The molecule has 0 radical (unpaired) electrons. The average Bonchev–Trinajstić information content (AvgIpc) is 3.20. The maximum absolute atomic E-state index is 12.5. The highest BCUT2D eigenvalue weighted by molar-refractivity contribution is 5.91. The van der Waals surface area contributed by atoms with Crippen LogP contribution in [0.1, 0.15) is 30.4 Å². The molecular formula is C22H28N2O3. The van der Waals surface area contributed by atoms with Crippen LogP contribution in [-0.2, 0) is 17.8 Å². The maximum atomic E-state index is 12.5. The zero-order valence-corrected chi connectivity index (χ0v) is 16.2. The van der Waals surface area contributed by atoms with Crippen LogP contribution in [0.25, 0.3) is 0 Å². The van der Waals surface area contributed by atoms with E-state index in [1.165, 1.54) is 18.4 Å². The van der Waals surface area contributed by atoms with Crippen molar-refractivity contribution in [3.8, 4) is 11.5 Å². The quantitative estimate of drug-likeness (QED) is 0.768. The number of methoxy groups -OCH3 is 2. The Hall–Kier alpha value is -2.53. The Balaban J connectivity index is 1.58. The summed E-state index contributed by atoms with van der Waals surface area (Å²) in [4.78, 5) is 14.9. The van der Waals surface area contributed by atoms with Crippen molar-refractivity contribution in [3.63, 3.8) is 0 Å². The van der Waals surface area contributed by atoms with Gasteiger partial charge in [0.1, 0.15) is 0 Å². The van der Waals surface area contributed by atoms with Crippen molar-refractivity contribution in [3.05, 3.63) is 53.6 Å². The molecule has 144 valence electrons. The third kappa shape index (κ3) is 5.23. The Morgan fingerprint density at radius 3 is 2.52 bits per heavy atom. The molecule has 27 heavy (non-hydrogen) atoms. The molecule has 3 rings (SSSR count). The monoisotopic (exact) mass is 368 g/mol. The van der Waals surface area contributed by atoms with Crippen molar-refractivity contribution < 1.29 is 14.3 Å². The van der Waals surface area contributed by atoms with Gasteiger partial charge < -0.3 is 14.8 Å². The highest BCUT2D eigenvalue weighted by Gasteiger charge is 2.14. The van der Waals surface area contributed by atoms with Crippen LogP contribution in [0.15, 0.2) is 42.5 Å². The van der Waals surface area contributed by atoms with E-state index in [9.17, 15) is 4.79 Å². The molecule has 1 fully saturated rings. The number of carbonyl (C=O) groups excluding carboxylic acids is 1. The van der Waals surface area contributed by atoms with Gasteiger partial charge in [0.15, 0.2) is 11.5 Å². The maximum Gasteiger partial charge on any atom is 0.224 e. The van der Waals surface area contributed by atoms with Crippen LogP contribution in [0.4, 0.5) is 5.69 Å². The van der Waals surface area contributed by atoms with Gasteiger partial charge in [0.25, 0.3) is 0 Å². The Bertz CT molecular complexity index is 770. The van der Waals surface area contributed by atoms with Crippen molar-refractivity contribution in [2.75, 3.05) is 32.6 Å². The molecule has 0 unspecified atom stereocenters. The normalized spacial score (nSPS) is 14.1. The lowest BCUT2D eigenvalue weighted by Crippen LogP contribution is -2.20. The van der Waals surface area contributed by atoms with Crippen LogP contribution >= 0.6 is 0 Å². The molecule has 5 nitrogen and oxygen atoms in total. The van der Waals surface area contributed by atoms with E-state index in [1.807, 2.05) is 36.4 Å². The van der Waals surface area contributed by atoms with Crippen LogP contribution in [0.2, 0.25) is 0 Å². The summed E-state index contributed by atoms with van der Waals surface area (Å²) in [5.74, 6) is 1.41. The molecular weight excluding hydrogens is 340 g/mol. The van der Waals surface area contributed by atoms with E-state index in [0.717, 1.165) is 30.9 Å². The number of anilines is 1. The lowest BCUT2D eigenvalue weighted by Gasteiger charge is -2.18. The zero-order chi connectivity index (χ0) is 19.1. The summed E-state index contributed by atoms with van der Waals surface area (Å²) in [7, 11) is 3.23. The fourth-order valence-electron chi connectivity index (χ4n) is 3.47. The second-order valence-electron chi connectivity index (χ2n) is 6.88. The van der Waals surface area contributed by atoms with Crippen LogP contribution in [0.3, 0.4) is 0 Å². The van der Waals surface area contributed by atoms with Gasteiger partial charge >= 0.3 is 0 Å². The van der Waals surface area contributed by atoms with E-state index < -0.39 is 0 Å². The van der Waals surface area contributed by atoms with E-state index in [-0.39, 0.29) is 5.91 Å². The van der Waals surface area contributed by atoms with Gasteiger partial charge in [-0.2, -0.15) is 0 Å². The van der Waals surface area contributed by atoms with Gasteiger partial charge in [-0.25, -0.2) is 0 Å². The van der Waals surface area contributed by atoms with Gasteiger partial charge in [0.05, 0.1) is 14.2 Å². The summed E-state index contributed by atoms with van der Waals surface area (Å²) >= 11 is 0. The Kier molecular flexibility index (Phi) is 6.71. The summed E-state index contributed by atoms with van der Waals surface area (Å²) in [6.07, 6.45) is 3.60. The number of hydrogen-bond acceptors (Lipinski definition) is 4. The number of nitrogens with zero attached hydrogens (tertiary/aromatic N) is 1. The minimum Gasteiger partial charge on any atom is -0.493 e. The second-order valence-corrected chi connectivity index (χ2v) is 6.88. The smallest absolute Gasteiger partial charge is 0.224 e. The fourth-order valence-corrected chi connectivity index (χ4v) is 3.47.